The number of aldehydes is 1. The molecule has 74 valence electrons. The van der Waals surface area contributed by atoms with E-state index >= 15 is 0 Å². The van der Waals surface area contributed by atoms with Gasteiger partial charge in [-0.2, -0.15) is 0 Å². The molecule has 1 saturated carbocycles. The van der Waals surface area contributed by atoms with E-state index in [1.54, 1.807) is 0 Å². The van der Waals surface area contributed by atoms with Gasteiger partial charge in [-0.15, -0.1) is 0 Å². The van der Waals surface area contributed by atoms with Crippen molar-refractivity contribution in [1.29, 1.82) is 0 Å². The zero-order valence-corrected chi connectivity index (χ0v) is 8.53. The van der Waals surface area contributed by atoms with Crippen LogP contribution in [0.4, 0.5) is 0 Å². The highest BCUT2D eigenvalue weighted by Crippen LogP contribution is 2.45. The first kappa shape index (κ1) is 10.2. The maximum atomic E-state index is 11.4. The Kier molecular flexibility index (Phi) is 2.46. The van der Waals surface area contributed by atoms with Gasteiger partial charge in [-0.3, -0.25) is 4.79 Å². The second-order valence-corrected chi connectivity index (χ2v) is 4.63. The van der Waals surface area contributed by atoms with Crippen molar-refractivity contribution >= 4 is 12.3 Å². The van der Waals surface area contributed by atoms with E-state index in [4.69, 9.17) is 4.74 Å². The van der Waals surface area contributed by atoms with Crippen molar-refractivity contribution in [1.82, 2.24) is 0 Å². The molecule has 0 saturated heterocycles. The molecule has 0 aromatic rings. The predicted molar refractivity (Wildman–Crippen MR) is 48.1 cm³/mol. The van der Waals surface area contributed by atoms with E-state index in [2.05, 4.69) is 0 Å². The second kappa shape index (κ2) is 3.13. The van der Waals surface area contributed by atoms with Gasteiger partial charge in [0.25, 0.3) is 0 Å². The summed E-state index contributed by atoms with van der Waals surface area (Å²) in [5.74, 6) is -0.393. The Bertz CT molecular complexity index is 227. The molecular weight excluding hydrogens is 168 g/mol. The van der Waals surface area contributed by atoms with Crippen LogP contribution in [0.3, 0.4) is 0 Å². The van der Waals surface area contributed by atoms with Crippen LogP contribution >= 0.6 is 0 Å². The number of esters is 1. The van der Waals surface area contributed by atoms with Crippen molar-refractivity contribution < 1.29 is 14.3 Å². The fraction of sp³-hybridized carbons (Fsp3) is 0.800. The Morgan fingerprint density at radius 1 is 1.38 bits per heavy atom. The molecule has 1 aliphatic rings. The number of hydrogen-bond donors (Lipinski definition) is 0. The Labute approximate surface area is 78.5 Å². The summed E-state index contributed by atoms with van der Waals surface area (Å²) < 4.78 is 5.17. The summed E-state index contributed by atoms with van der Waals surface area (Å²) >= 11 is 0. The van der Waals surface area contributed by atoms with Crippen molar-refractivity contribution in [3.8, 4) is 0 Å². The Balaban J connectivity index is 2.48. The van der Waals surface area contributed by atoms with Crippen molar-refractivity contribution in [2.24, 2.45) is 17.8 Å². The minimum Gasteiger partial charge on any atom is -0.460 e. The molecule has 0 heterocycles. The lowest BCUT2D eigenvalue weighted by molar-refractivity contribution is -0.157. The summed E-state index contributed by atoms with van der Waals surface area (Å²) in [6, 6.07) is 0. The van der Waals surface area contributed by atoms with Gasteiger partial charge >= 0.3 is 5.97 Å². The molecule has 3 nitrogen and oxygen atoms in total. The van der Waals surface area contributed by atoms with Gasteiger partial charge in [-0.25, -0.2) is 0 Å². The van der Waals surface area contributed by atoms with Crippen LogP contribution in [0.15, 0.2) is 0 Å². The molecule has 0 spiro atoms. The molecule has 1 aliphatic carbocycles. The molecule has 1 rings (SSSR count). The molecule has 0 bridgehead atoms. The first-order chi connectivity index (χ1) is 5.87. The van der Waals surface area contributed by atoms with E-state index in [0.717, 1.165) is 6.29 Å². The lowest BCUT2D eigenvalue weighted by Gasteiger charge is -2.19. The molecule has 0 amide bonds. The smallest absolute Gasteiger partial charge is 0.310 e. The van der Waals surface area contributed by atoms with Gasteiger partial charge in [0.2, 0.25) is 0 Å². The summed E-state index contributed by atoms with van der Waals surface area (Å²) in [5.41, 5.74) is -0.452. The number of rotatable bonds is 2. The standard InChI is InChI=1S/C10H16O3/c1-6-7(5-11)8(6)9(12)13-10(2,3)4/h5-8H,1-4H3. The largest absolute Gasteiger partial charge is 0.460 e. The lowest BCUT2D eigenvalue weighted by Crippen LogP contribution is -2.25. The van der Waals surface area contributed by atoms with E-state index in [-0.39, 0.29) is 23.7 Å². The van der Waals surface area contributed by atoms with Crippen LogP contribution in [0, 0.1) is 17.8 Å². The quantitative estimate of drug-likeness (QED) is 0.481. The van der Waals surface area contributed by atoms with E-state index < -0.39 is 5.60 Å². The summed E-state index contributed by atoms with van der Waals surface area (Å²) in [4.78, 5) is 21.9. The highest BCUT2D eigenvalue weighted by molar-refractivity contribution is 5.82. The first-order valence-electron chi connectivity index (χ1n) is 4.55. The summed E-state index contributed by atoms with van der Waals surface area (Å²) in [6.45, 7) is 7.38. The Morgan fingerprint density at radius 3 is 2.23 bits per heavy atom. The molecule has 3 atom stereocenters. The minimum atomic E-state index is -0.452. The summed E-state index contributed by atoms with van der Waals surface area (Å²) in [5, 5.41) is 0. The zero-order valence-electron chi connectivity index (χ0n) is 8.53. The van der Waals surface area contributed by atoms with Crippen LogP contribution < -0.4 is 0 Å². The van der Waals surface area contributed by atoms with Gasteiger partial charge < -0.3 is 9.53 Å². The topological polar surface area (TPSA) is 43.4 Å². The Hall–Kier alpha value is -0.860. The molecule has 0 aromatic heterocycles. The number of ether oxygens (including phenoxy) is 1. The highest BCUT2D eigenvalue weighted by atomic mass is 16.6. The minimum absolute atomic E-state index is 0.116. The average molecular weight is 184 g/mol. The van der Waals surface area contributed by atoms with Crippen LogP contribution in [0.25, 0.3) is 0 Å². The van der Waals surface area contributed by atoms with Crippen molar-refractivity contribution in [2.75, 3.05) is 0 Å². The van der Waals surface area contributed by atoms with E-state index in [1.807, 2.05) is 27.7 Å². The van der Waals surface area contributed by atoms with Gasteiger partial charge in [0.05, 0.1) is 5.92 Å². The number of carbonyl (C=O) groups excluding carboxylic acids is 2. The van der Waals surface area contributed by atoms with Gasteiger partial charge in [0.1, 0.15) is 11.9 Å². The molecule has 0 aromatic carbocycles. The third-order valence-corrected chi connectivity index (χ3v) is 2.28. The summed E-state index contributed by atoms with van der Waals surface area (Å²) in [7, 11) is 0. The highest BCUT2D eigenvalue weighted by Gasteiger charge is 2.53. The van der Waals surface area contributed by atoms with Crippen LogP contribution in [-0.4, -0.2) is 17.9 Å². The average Bonchev–Trinajstić information content (AvgIpc) is 2.57. The fourth-order valence-corrected chi connectivity index (χ4v) is 1.44. The monoisotopic (exact) mass is 184 g/mol. The zero-order chi connectivity index (χ0) is 10.2. The number of carbonyl (C=O) groups is 2. The molecule has 13 heavy (non-hydrogen) atoms. The molecule has 1 fully saturated rings. The number of hydrogen-bond acceptors (Lipinski definition) is 3. The van der Waals surface area contributed by atoms with Crippen molar-refractivity contribution in [3.05, 3.63) is 0 Å². The molecule has 3 unspecified atom stereocenters. The van der Waals surface area contributed by atoms with Gasteiger partial charge in [0.15, 0.2) is 0 Å². The van der Waals surface area contributed by atoms with Crippen LogP contribution in [0.5, 0.6) is 0 Å². The first-order valence-corrected chi connectivity index (χ1v) is 4.55. The van der Waals surface area contributed by atoms with Gasteiger partial charge in [-0.05, 0) is 26.7 Å². The van der Waals surface area contributed by atoms with E-state index in [9.17, 15) is 9.59 Å². The van der Waals surface area contributed by atoms with Crippen molar-refractivity contribution in [2.45, 2.75) is 33.3 Å². The van der Waals surface area contributed by atoms with Crippen LogP contribution in [0.1, 0.15) is 27.7 Å². The normalized spacial score (nSPS) is 32.5. The SMILES string of the molecule is CC1C(C=O)C1C(=O)OC(C)(C)C. The molecule has 0 N–H and O–H groups in total. The maximum Gasteiger partial charge on any atom is 0.310 e. The molecule has 3 heteroatoms. The third kappa shape index (κ3) is 2.29. The van der Waals surface area contributed by atoms with Crippen LogP contribution in [0.2, 0.25) is 0 Å². The van der Waals surface area contributed by atoms with E-state index in [0.29, 0.717) is 0 Å². The van der Waals surface area contributed by atoms with Crippen molar-refractivity contribution in [3.63, 3.8) is 0 Å². The van der Waals surface area contributed by atoms with E-state index in [1.165, 1.54) is 0 Å². The molecule has 0 radical (unpaired) electrons. The van der Waals surface area contributed by atoms with Gasteiger partial charge in [0, 0.05) is 5.92 Å². The maximum absolute atomic E-state index is 11.4. The predicted octanol–water partition coefficient (Wildman–Crippen LogP) is 1.41. The lowest BCUT2D eigenvalue weighted by atomic mass is 10.2. The molecular formula is C10H16O3. The Morgan fingerprint density at radius 2 is 1.92 bits per heavy atom. The third-order valence-electron chi connectivity index (χ3n) is 2.28. The van der Waals surface area contributed by atoms with Crippen LogP contribution in [-0.2, 0) is 14.3 Å². The summed E-state index contributed by atoms with van der Waals surface area (Å²) in [6.07, 6.45) is 0.846. The fourth-order valence-electron chi connectivity index (χ4n) is 1.44. The van der Waals surface area contributed by atoms with Gasteiger partial charge in [-0.1, -0.05) is 6.92 Å². The molecule has 0 aliphatic heterocycles. The second-order valence-electron chi connectivity index (χ2n) is 4.63.